The van der Waals surface area contributed by atoms with Crippen molar-refractivity contribution in [2.75, 3.05) is 5.32 Å². The second kappa shape index (κ2) is 4.27. The number of fused-ring (bicyclic) bond motifs is 2. The van der Waals surface area contributed by atoms with E-state index in [0.717, 1.165) is 16.8 Å². The van der Waals surface area contributed by atoms with E-state index >= 15 is 0 Å². The van der Waals surface area contributed by atoms with Crippen LogP contribution in [0.4, 0.5) is 5.69 Å². The first-order valence-electron chi connectivity index (χ1n) is 6.24. The minimum absolute atomic E-state index is 0.134. The highest BCUT2D eigenvalue weighted by molar-refractivity contribution is 6.55. The SMILES string of the molecule is CC1(C)C2=C(Cl)C(=O)C(Cl)=CC2Nc2ccc(O)cc21. The van der Waals surface area contributed by atoms with Crippen LogP contribution in [0.2, 0.25) is 0 Å². The zero-order valence-corrected chi connectivity index (χ0v) is 12.5. The number of hydrogen-bond acceptors (Lipinski definition) is 3. The third-order valence-electron chi connectivity index (χ3n) is 3.94. The lowest BCUT2D eigenvalue weighted by Crippen LogP contribution is -2.41. The third kappa shape index (κ3) is 1.77. The molecule has 2 N–H and O–H groups in total. The van der Waals surface area contributed by atoms with Crippen LogP contribution < -0.4 is 5.32 Å². The van der Waals surface area contributed by atoms with Crippen LogP contribution in [0.1, 0.15) is 19.4 Å². The van der Waals surface area contributed by atoms with Crippen molar-refractivity contribution in [1.29, 1.82) is 0 Å². The van der Waals surface area contributed by atoms with Gasteiger partial charge in [0.2, 0.25) is 5.78 Å². The first-order valence-corrected chi connectivity index (χ1v) is 7.00. The quantitative estimate of drug-likeness (QED) is 0.719. The highest BCUT2D eigenvalue weighted by atomic mass is 35.5. The van der Waals surface area contributed by atoms with Crippen LogP contribution in [0.3, 0.4) is 0 Å². The highest BCUT2D eigenvalue weighted by Crippen LogP contribution is 2.48. The summed E-state index contributed by atoms with van der Waals surface area (Å²) < 4.78 is 0. The Morgan fingerprint density at radius 3 is 2.70 bits per heavy atom. The molecule has 0 amide bonds. The van der Waals surface area contributed by atoms with Gasteiger partial charge >= 0.3 is 0 Å². The van der Waals surface area contributed by atoms with Gasteiger partial charge in [0.05, 0.1) is 16.1 Å². The van der Waals surface area contributed by atoms with Gasteiger partial charge in [-0.15, -0.1) is 0 Å². The molecule has 104 valence electrons. The summed E-state index contributed by atoms with van der Waals surface area (Å²) >= 11 is 12.2. The Morgan fingerprint density at radius 2 is 2.00 bits per heavy atom. The summed E-state index contributed by atoms with van der Waals surface area (Å²) in [6.45, 7) is 3.97. The molecule has 0 fully saturated rings. The minimum atomic E-state index is -0.467. The van der Waals surface area contributed by atoms with E-state index in [-0.39, 0.29) is 27.6 Å². The molecule has 0 radical (unpaired) electrons. The number of ketones is 1. The molecule has 0 spiro atoms. The molecular weight excluding hydrogens is 297 g/mol. The largest absolute Gasteiger partial charge is 0.508 e. The second-order valence-corrected chi connectivity index (χ2v) is 6.33. The molecule has 0 bridgehead atoms. The summed E-state index contributed by atoms with van der Waals surface area (Å²) in [7, 11) is 0. The van der Waals surface area contributed by atoms with Gasteiger partial charge in [-0.1, -0.05) is 37.0 Å². The zero-order chi connectivity index (χ0) is 14.7. The molecule has 1 aliphatic carbocycles. The van der Waals surface area contributed by atoms with Crippen LogP contribution in [0.15, 0.2) is 39.9 Å². The first kappa shape index (κ1) is 13.5. The fraction of sp³-hybridized carbons (Fsp3) is 0.267. The van der Waals surface area contributed by atoms with E-state index in [2.05, 4.69) is 5.32 Å². The van der Waals surface area contributed by atoms with Crippen LogP contribution >= 0.6 is 23.2 Å². The highest BCUT2D eigenvalue weighted by Gasteiger charge is 2.42. The van der Waals surface area contributed by atoms with Gasteiger partial charge in [-0.25, -0.2) is 0 Å². The molecule has 5 heteroatoms. The van der Waals surface area contributed by atoms with E-state index in [1.807, 2.05) is 19.9 Å². The molecule has 1 heterocycles. The van der Waals surface area contributed by atoms with E-state index in [4.69, 9.17) is 23.2 Å². The Balaban J connectivity index is 2.26. The van der Waals surface area contributed by atoms with Gasteiger partial charge in [0.25, 0.3) is 0 Å². The number of aromatic hydroxyl groups is 1. The average molecular weight is 310 g/mol. The number of benzene rings is 1. The van der Waals surface area contributed by atoms with E-state index < -0.39 is 5.41 Å². The van der Waals surface area contributed by atoms with Gasteiger partial charge in [-0.3, -0.25) is 4.79 Å². The van der Waals surface area contributed by atoms with Gasteiger partial charge < -0.3 is 10.4 Å². The molecule has 0 aromatic heterocycles. The van der Waals surface area contributed by atoms with E-state index in [1.165, 1.54) is 0 Å². The molecule has 1 aliphatic heterocycles. The molecule has 0 saturated carbocycles. The van der Waals surface area contributed by atoms with Gasteiger partial charge in [0, 0.05) is 11.1 Å². The maximum Gasteiger partial charge on any atom is 0.215 e. The Bertz CT molecular complexity index is 689. The molecule has 20 heavy (non-hydrogen) atoms. The molecule has 1 aromatic carbocycles. The zero-order valence-electron chi connectivity index (χ0n) is 11.0. The van der Waals surface area contributed by atoms with Crippen molar-refractivity contribution in [2.24, 2.45) is 0 Å². The normalized spacial score (nSPS) is 23.7. The minimum Gasteiger partial charge on any atom is -0.508 e. The smallest absolute Gasteiger partial charge is 0.215 e. The first-order chi connectivity index (χ1) is 9.32. The fourth-order valence-electron chi connectivity index (χ4n) is 2.93. The number of carbonyl (C=O) groups excluding carboxylic acids is 1. The summed E-state index contributed by atoms with van der Waals surface area (Å²) in [5, 5.41) is 13.3. The number of phenolic OH excluding ortho intramolecular Hbond substituents is 1. The number of anilines is 1. The molecule has 0 saturated heterocycles. The van der Waals surface area contributed by atoms with Crippen molar-refractivity contribution < 1.29 is 9.90 Å². The average Bonchev–Trinajstić information content (AvgIpc) is 2.37. The number of Topliss-reactive ketones (excluding diaryl/α,β-unsaturated/α-hetero) is 1. The van der Waals surface area contributed by atoms with Gasteiger partial charge in [-0.2, -0.15) is 0 Å². The van der Waals surface area contributed by atoms with E-state index in [0.29, 0.717) is 0 Å². The Labute approximate surface area is 126 Å². The number of allylic oxidation sites excluding steroid dienone is 2. The van der Waals surface area contributed by atoms with Crippen molar-refractivity contribution in [2.45, 2.75) is 25.3 Å². The van der Waals surface area contributed by atoms with E-state index in [9.17, 15) is 9.90 Å². The Hall–Kier alpha value is -1.45. The van der Waals surface area contributed by atoms with Crippen LogP contribution in [-0.4, -0.2) is 16.9 Å². The number of phenols is 1. The standard InChI is InChI=1S/C15H13Cl2NO2/c1-15(2)8-5-7(19)3-4-10(8)18-11-6-9(16)14(20)13(17)12(11)15/h3-6,11,18-19H,1-2H3. The lowest BCUT2D eigenvalue weighted by Gasteiger charge is -2.42. The van der Waals surface area contributed by atoms with Crippen molar-refractivity contribution in [3.63, 3.8) is 0 Å². The van der Waals surface area contributed by atoms with Gasteiger partial charge in [-0.05, 0) is 35.4 Å². The van der Waals surface area contributed by atoms with Crippen molar-refractivity contribution >= 4 is 34.7 Å². The molecular formula is C15H13Cl2NO2. The fourth-order valence-corrected chi connectivity index (χ4v) is 3.66. The lowest BCUT2D eigenvalue weighted by atomic mass is 9.69. The lowest BCUT2D eigenvalue weighted by molar-refractivity contribution is -0.111. The molecule has 3 rings (SSSR count). The topological polar surface area (TPSA) is 49.3 Å². The van der Waals surface area contributed by atoms with E-state index in [1.54, 1.807) is 18.2 Å². The summed E-state index contributed by atoms with van der Waals surface area (Å²) in [6.07, 6.45) is 1.68. The van der Waals surface area contributed by atoms with Crippen LogP contribution in [0, 0.1) is 0 Å². The summed E-state index contributed by atoms with van der Waals surface area (Å²) in [5.74, 6) is -0.164. The maximum absolute atomic E-state index is 12.0. The monoisotopic (exact) mass is 309 g/mol. The predicted octanol–water partition coefficient (Wildman–Crippen LogP) is 3.66. The van der Waals surface area contributed by atoms with Crippen molar-refractivity contribution in [3.8, 4) is 5.75 Å². The molecule has 1 unspecified atom stereocenters. The van der Waals surface area contributed by atoms with Crippen molar-refractivity contribution in [1.82, 2.24) is 0 Å². The second-order valence-electron chi connectivity index (χ2n) is 5.55. The summed E-state index contributed by atoms with van der Waals surface area (Å²) in [6, 6.07) is 4.92. The number of carbonyl (C=O) groups is 1. The van der Waals surface area contributed by atoms with Crippen LogP contribution in [-0.2, 0) is 10.2 Å². The summed E-state index contributed by atoms with van der Waals surface area (Å²) in [5.41, 5.74) is 2.12. The maximum atomic E-state index is 12.0. The van der Waals surface area contributed by atoms with Crippen LogP contribution in [0.25, 0.3) is 0 Å². The molecule has 1 aromatic rings. The molecule has 1 atom stereocenters. The predicted molar refractivity (Wildman–Crippen MR) is 80.4 cm³/mol. The van der Waals surface area contributed by atoms with Gasteiger partial charge in [0.1, 0.15) is 5.75 Å². The number of halogens is 2. The third-order valence-corrected chi connectivity index (χ3v) is 4.61. The Morgan fingerprint density at radius 1 is 1.30 bits per heavy atom. The number of nitrogens with one attached hydrogen (secondary N) is 1. The summed E-state index contributed by atoms with van der Waals surface area (Å²) in [4.78, 5) is 12.0. The number of hydrogen-bond donors (Lipinski definition) is 2. The van der Waals surface area contributed by atoms with Gasteiger partial charge in [0.15, 0.2) is 0 Å². The van der Waals surface area contributed by atoms with Crippen molar-refractivity contribution in [3.05, 3.63) is 45.5 Å². The number of rotatable bonds is 0. The van der Waals surface area contributed by atoms with Crippen LogP contribution in [0.5, 0.6) is 5.75 Å². The molecule has 2 aliphatic rings. The Kier molecular flexibility index (Phi) is 2.89. The molecule has 3 nitrogen and oxygen atoms in total.